The van der Waals surface area contributed by atoms with E-state index >= 15 is 0 Å². The van der Waals surface area contributed by atoms with Crippen molar-refractivity contribution in [3.05, 3.63) is 42.5 Å². The molecule has 6 rings (SSSR count). The van der Waals surface area contributed by atoms with Crippen LogP contribution in [0, 0.1) is 11.8 Å². The zero-order valence-corrected chi connectivity index (χ0v) is 19.4. The molecule has 0 aromatic heterocycles. The van der Waals surface area contributed by atoms with Gasteiger partial charge in [0.05, 0.1) is 45.8 Å². The smallest absolute Gasteiger partial charge is 0.234 e. The van der Waals surface area contributed by atoms with Gasteiger partial charge in [0.2, 0.25) is 24.4 Å². The summed E-state index contributed by atoms with van der Waals surface area (Å²) in [6, 6.07) is 8.66. The molecule has 182 valence electrons. The van der Waals surface area contributed by atoms with E-state index in [2.05, 4.69) is 5.32 Å². The predicted octanol–water partition coefficient (Wildman–Crippen LogP) is 2.37. The molecule has 1 spiro atoms. The Hall–Kier alpha value is -3.92. The highest BCUT2D eigenvalue weighted by atomic mass is 16.7. The van der Waals surface area contributed by atoms with E-state index in [1.54, 1.807) is 29.2 Å². The summed E-state index contributed by atoms with van der Waals surface area (Å²) in [6.07, 6.45) is 3.30. The minimum absolute atomic E-state index is 0.149. The number of carbonyl (C=O) groups excluding carboxylic acids is 2. The molecule has 35 heavy (non-hydrogen) atoms. The van der Waals surface area contributed by atoms with E-state index in [-0.39, 0.29) is 18.6 Å². The van der Waals surface area contributed by atoms with Crippen molar-refractivity contribution in [2.45, 2.75) is 11.7 Å². The van der Waals surface area contributed by atoms with Gasteiger partial charge < -0.3 is 38.6 Å². The average molecular weight is 480 g/mol. The number of rotatable bonds is 6. The number of carbonyl (C=O) groups is 2. The monoisotopic (exact) mass is 480 g/mol. The molecule has 0 aliphatic carbocycles. The minimum atomic E-state index is -0.852. The average Bonchev–Trinajstić information content (AvgIpc) is 3.63. The Morgan fingerprint density at radius 3 is 2.51 bits per heavy atom. The second-order valence-electron chi connectivity index (χ2n) is 8.77. The summed E-state index contributed by atoms with van der Waals surface area (Å²) in [7, 11) is 4.51. The molecule has 2 aromatic carbocycles. The van der Waals surface area contributed by atoms with E-state index in [4.69, 9.17) is 28.4 Å². The molecular weight excluding hydrogens is 456 g/mol. The van der Waals surface area contributed by atoms with E-state index in [1.165, 1.54) is 21.3 Å². The molecule has 1 N–H and O–H groups in total. The van der Waals surface area contributed by atoms with Crippen LogP contribution < -0.4 is 33.9 Å². The molecule has 2 aromatic rings. The van der Waals surface area contributed by atoms with Crippen molar-refractivity contribution in [2.75, 3.05) is 44.9 Å². The second kappa shape index (κ2) is 7.81. The molecule has 10 heteroatoms. The summed E-state index contributed by atoms with van der Waals surface area (Å²) < 4.78 is 33.2. The van der Waals surface area contributed by atoms with E-state index in [0.29, 0.717) is 46.7 Å². The minimum Gasteiger partial charge on any atom is -0.493 e. The number of fused-ring (bicyclic) bond motifs is 2. The largest absolute Gasteiger partial charge is 0.493 e. The van der Waals surface area contributed by atoms with Crippen molar-refractivity contribution >= 4 is 23.2 Å². The van der Waals surface area contributed by atoms with Gasteiger partial charge in [0.15, 0.2) is 23.0 Å². The van der Waals surface area contributed by atoms with E-state index in [0.717, 1.165) is 0 Å². The molecule has 4 heterocycles. The first-order valence-electron chi connectivity index (χ1n) is 11.2. The molecule has 0 radical (unpaired) electrons. The summed E-state index contributed by atoms with van der Waals surface area (Å²) in [5.74, 6) is 0.643. The third kappa shape index (κ3) is 3.13. The maximum absolute atomic E-state index is 13.6. The number of ether oxygens (including phenoxy) is 6. The molecule has 2 amide bonds. The molecule has 4 aliphatic heterocycles. The Labute approximate surface area is 201 Å². The summed E-state index contributed by atoms with van der Waals surface area (Å²) in [6.45, 7) is 0.465. The molecule has 10 nitrogen and oxygen atoms in total. The number of anilines is 2. The predicted molar refractivity (Wildman–Crippen MR) is 123 cm³/mol. The highest BCUT2D eigenvalue weighted by Crippen LogP contribution is 2.53. The van der Waals surface area contributed by atoms with E-state index in [9.17, 15) is 9.59 Å². The van der Waals surface area contributed by atoms with Gasteiger partial charge >= 0.3 is 0 Å². The van der Waals surface area contributed by atoms with Crippen molar-refractivity contribution in [1.82, 2.24) is 0 Å². The van der Waals surface area contributed by atoms with Crippen LogP contribution in [0.3, 0.4) is 0 Å². The van der Waals surface area contributed by atoms with Crippen molar-refractivity contribution < 1.29 is 38.0 Å². The van der Waals surface area contributed by atoms with Crippen LogP contribution >= 0.6 is 0 Å². The maximum Gasteiger partial charge on any atom is 0.234 e. The van der Waals surface area contributed by atoms with Crippen molar-refractivity contribution in [3.63, 3.8) is 0 Å². The van der Waals surface area contributed by atoms with Crippen molar-refractivity contribution in [2.24, 2.45) is 11.8 Å². The Morgan fingerprint density at radius 2 is 1.80 bits per heavy atom. The number of methoxy groups -OCH3 is 3. The Bertz CT molecular complexity index is 1240. The fraction of sp³-hybridized carbons (Fsp3) is 0.360. The first-order valence-corrected chi connectivity index (χ1v) is 11.2. The SMILES string of the molecule is COc1cc(NC(=O)[C@H]2[C@H]3C=C[C@@]4(CN(c5ccc6c(c5)OCO6)C(=O)[C@@H]24)O3)cc(OC)c1OC. The van der Waals surface area contributed by atoms with Crippen LogP contribution in [0.2, 0.25) is 0 Å². The van der Waals surface area contributed by atoms with Gasteiger partial charge in [-0.3, -0.25) is 9.59 Å². The van der Waals surface area contributed by atoms with Crippen molar-refractivity contribution in [3.8, 4) is 28.7 Å². The molecule has 0 saturated carbocycles. The normalized spacial score (nSPS) is 27.2. The van der Waals surface area contributed by atoms with Crippen LogP contribution in [0.15, 0.2) is 42.5 Å². The van der Waals surface area contributed by atoms with Gasteiger partial charge in [-0.25, -0.2) is 0 Å². The number of nitrogens with zero attached hydrogens (tertiary/aromatic N) is 1. The second-order valence-corrected chi connectivity index (χ2v) is 8.77. The van der Waals surface area contributed by atoms with Gasteiger partial charge in [-0.2, -0.15) is 0 Å². The lowest BCUT2D eigenvalue weighted by atomic mass is 9.77. The maximum atomic E-state index is 13.6. The topological polar surface area (TPSA) is 105 Å². The quantitative estimate of drug-likeness (QED) is 0.629. The zero-order valence-electron chi connectivity index (χ0n) is 19.4. The fourth-order valence-corrected chi connectivity index (χ4v) is 5.45. The van der Waals surface area contributed by atoms with Gasteiger partial charge in [-0.05, 0) is 12.1 Å². The lowest BCUT2D eigenvalue weighted by Crippen LogP contribution is -2.41. The fourth-order valence-electron chi connectivity index (χ4n) is 5.45. The zero-order chi connectivity index (χ0) is 24.3. The number of hydrogen-bond donors (Lipinski definition) is 1. The summed E-state index contributed by atoms with van der Waals surface area (Å²) >= 11 is 0. The molecule has 4 atom stereocenters. The van der Waals surface area contributed by atoms with Gasteiger partial charge in [-0.15, -0.1) is 0 Å². The van der Waals surface area contributed by atoms with Crippen LogP contribution in [0.25, 0.3) is 0 Å². The highest BCUT2D eigenvalue weighted by molar-refractivity contribution is 6.05. The van der Waals surface area contributed by atoms with Crippen molar-refractivity contribution in [1.29, 1.82) is 0 Å². The molecule has 2 fully saturated rings. The molecule has 0 unspecified atom stereocenters. The lowest BCUT2D eigenvalue weighted by molar-refractivity contribution is -0.128. The number of amides is 2. The summed E-state index contributed by atoms with van der Waals surface area (Å²) in [5, 5.41) is 2.91. The number of benzene rings is 2. The standard InChI is InChI=1S/C25H24N2O8/c1-30-18-8-13(9-19(31-2)22(18)32-3)26-23(28)20-16-6-7-25(35-16)11-27(24(29)21(20)25)14-4-5-15-17(10-14)34-12-33-15/h4-10,16,20-21H,11-12H2,1-3H3,(H,26,28)/t16-,20+,21-,25+/m1/s1. The lowest BCUT2D eigenvalue weighted by Gasteiger charge is -2.24. The molecular formula is C25H24N2O8. The highest BCUT2D eigenvalue weighted by Gasteiger charge is 2.67. The summed E-state index contributed by atoms with van der Waals surface area (Å²) in [4.78, 5) is 28.8. The Morgan fingerprint density at radius 1 is 1.06 bits per heavy atom. The van der Waals surface area contributed by atoms with Crippen LogP contribution in [0.5, 0.6) is 28.7 Å². The summed E-state index contributed by atoms with van der Waals surface area (Å²) in [5.41, 5.74) is 0.283. The molecule has 2 bridgehead atoms. The molecule has 4 aliphatic rings. The van der Waals surface area contributed by atoms with E-state index in [1.807, 2.05) is 18.2 Å². The third-order valence-electron chi connectivity index (χ3n) is 7.00. The number of hydrogen-bond acceptors (Lipinski definition) is 8. The van der Waals surface area contributed by atoms with Gasteiger partial charge in [0.25, 0.3) is 0 Å². The number of nitrogens with one attached hydrogen (secondary N) is 1. The van der Waals surface area contributed by atoms with Crippen LogP contribution in [-0.4, -0.2) is 58.2 Å². The first kappa shape index (κ1) is 21.6. The van der Waals surface area contributed by atoms with Crippen LogP contribution in [-0.2, 0) is 14.3 Å². The van der Waals surface area contributed by atoms with Gasteiger partial charge in [-0.1, -0.05) is 12.2 Å². The van der Waals surface area contributed by atoms with Gasteiger partial charge in [0.1, 0.15) is 5.60 Å². The molecule has 2 saturated heterocycles. The van der Waals surface area contributed by atoms with Crippen LogP contribution in [0.1, 0.15) is 0 Å². The van der Waals surface area contributed by atoms with Crippen LogP contribution in [0.4, 0.5) is 11.4 Å². The van der Waals surface area contributed by atoms with E-state index < -0.39 is 23.5 Å². The Balaban J connectivity index is 1.28. The Kier molecular flexibility index (Phi) is 4.82. The van der Waals surface area contributed by atoms with Gasteiger partial charge in [0, 0.05) is 29.6 Å². The third-order valence-corrected chi connectivity index (χ3v) is 7.00. The first-order chi connectivity index (χ1) is 17.0.